The summed E-state index contributed by atoms with van der Waals surface area (Å²) in [5, 5.41) is 0.871. The smallest absolute Gasteiger partial charge is 0.325 e. The van der Waals surface area contributed by atoms with Crippen LogP contribution >= 0.6 is 0 Å². The van der Waals surface area contributed by atoms with Crippen molar-refractivity contribution in [1.29, 1.82) is 0 Å². The number of aromatic amines is 2. The van der Waals surface area contributed by atoms with Gasteiger partial charge in [0.05, 0.1) is 24.2 Å². The quantitative estimate of drug-likeness (QED) is 0.536. The fourth-order valence-electron chi connectivity index (χ4n) is 2.34. The van der Waals surface area contributed by atoms with Crippen LogP contribution in [0.4, 0.5) is 0 Å². The first-order chi connectivity index (χ1) is 11.2. The van der Waals surface area contributed by atoms with Gasteiger partial charge >= 0.3 is 11.7 Å². The summed E-state index contributed by atoms with van der Waals surface area (Å²) in [6.45, 7) is 2.61. The molecule has 0 bridgehead atoms. The minimum Gasteiger partial charge on any atom is -0.494 e. The Labute approximate surface area is 131 Å². The van der Waals surface area contributed by atoms with E-state index in [0.717, 1.165) is 10.9 Å². The number of hydrogen-bond acceptors (Lipinski definition) is 5. The first-order valence-corrected chi connectivity index (χ1v) is 7.47. The summed E-state index contributed by atoms with van der Waals surface area (Å²) in [6, 6.07) is 7.36. The molecular weight excluding hydrogens is 298 g/mol. The number of imidazole rings is 1. The van der Waals surface area contributed by atoms with Crippen molar-refractivity contribution in [1.82, 2.24) is 15.0 Å². The van der Waals surface area contributed by atoms with Crippen LogP contribution in [-0.2, 0) is 9.53 Å². The molecule has 3 aromatic rings. The van der Waals surface area contributed by atoms with Gasteiger partial charge in [-0.2, -0.15) is 0 Å². The fourth-order valence-corrected chi connectivity index (χ4v) is 2.34. The second-order valence-corrected chi connectivity index (χ2v) is 5.08. The second-order valence-electron chi connectivity index (χ2n) is 5.08. The molecule has 0 radical (unpaired) electrons. The van der Waals surface area contributed by atoms with Gasteiger partial charge in [-0.15, -0.1) is 0 Å². The number of ether oxygens (including phenoxy) is 2. The van der Waals surface area contributed by atoms with E-state index >= 15 is 0 Å². The van der Waals surface area contributed by atoms with Crippen molar-refractivity contribution in [2.24, 2.45) is 0 Å². The SMILES string of the molecule is CCOC(=O)CCCOc1ccc2nc3[nH]c(=O)[nH]c3cc2c1. The molecule has 0 unspecified atom stereocenters. The molecule has 0 aliphatic carbocycles. The second kappa shape index (κ2) is 6.51. The van der Waals surface area contributed by atoms with Gasteiger partial charge in [-0.1, -0.05) is 0 Å². The zero-order chi connectivity index (χ0) is 16.2. The molecule has 0 amide bonds. The molecule has 0 aliphatic heterocycles. The Morgan fingerprint density at radius 2 is 2.13 bits per heavy atom. The number of esters is 1. The summed E-state index contributed by atoms with van der Waals surface area (Å²) in [6.07, 6.45) is 0.938. The molecule has 2 N–H and O–H groups in total. The molecule has 3 rings (SSSR count). The number of nitrogens with one attached hydrogen (secondary N) is 2. The lowest BCUT2D eigenvalue weighted by Gasteiger charge is -2.07. The zero-order valence-electron chi connectivity index (χ0n) is 12.7. The van der Waals surface area contributed by atoms with Crippen molar-refractivity contribution in [2.75, 3.05) is 13.2 Å². The highest BCUT2D eigenvalue weighted by molar-refractivity contribution is 5.89. The molecule has 0 atom stereocenters. The minimum atomic E-state index is -0.279. The molecule has 2 aromatic heterocycles. The number of H-pyrrole nitrogens is 2. The number of carbonyl (C=O) groups is 1. The largest absolute Gasteiger partial charge is 0.494 e. The number of fused-ring (bicyclic) bond motifs is 2. The van der Waals surface area contributed by atoms with Crippen LogP contribution in [-0.4, -0.2) is 34.1 Å². The van der Waals surface area contributed by atoms with E-state index in [0.29, 0.717) is 43.0 Å². The third kappa shape index (κ3) is 3.50. The van der Waals surface area contributed by atoms with E-state index in [1.54, 1.807) is 6.92 Å². The molecular formula is C16H17N3O4. The maximum atomic E-state index is 11.3. The van der Waals surface area contributed by atoms with Crippen molar-refractivity contribution in [3.63, 3.8) is 0 Å². The van der Waals surface area contributed by atoms with Crippen molar-refractivity contribution in [3.8, 4) is 5.75 Å². The molecule has 120 valence electrons. The van der Waals surface area contributed by atoms with Gasteiger partial charge in [0, 0.05) is 11.8 Å². The fraction of sp³-hybridized carbons (Fsp3) is 0.312. The summed E-state index contributed by atoms with van der Waals surface area (Å²) in [7, 11) is 0. The van der Waals surface area contributed by atoms with Crippen molar-refractivity contribution < 1.29 is 14.3 Å². The van der Waals surface area contributed by atoms with Gasteiger partial charge in [0.2, 0.25) is 0 Å². The summed E-state index contributed by atoms with van der Waals surface area (Å²) >= 11 is 0. The number of benzene rings is 1. The summed E-state index contributed by atoms with van der Waals surface area (Å²) < 4.78 is 10.5. The number of aromatic nitrogens is 3. The third-order valence-electron chi connectivity index (χ3n) is 3.37. The Morgan fingerprint density at radius 1 is 1.26 bits per heavy atom. The Bertz CT molecular complexity index is 897. The Kier molecular flexibility index (Phi) is 4.27. The first-order valence-electron chi connectivity index (χ1n) is 7.47. The van der Waals surface area contributed by atoms with Crippen molar-refractivity contribution >= 4 is 28.0 Å². The molecule has 7 nitrogen and oxygen atoms in total. The predicted molar refractivity (Wildman–Crippen MR) is 85.6 cm³/mol. The molecule has 0 saturated heterocycles. The van der Waals surface area contributed by atoms with Crippen LogP contribution in [0.2, 0.25) is 0 Å². The van der Waals surface area contributed by atoms with E-state index in [1.807, 2.05) is 24.3 Å². The average molecular weight is 315 g/mol. The van der Waals surface area contributed by atoms with Crippen LogP contribution in [0.15, 0.2) is 29.1 Å². The average Bonchev–Trinajstić information content (AvgIpc) is 2.88. The van der Waals surface area contributed by atoms with E-state index in [9.17, 15) is 9.59 Å². The maximum absolute atomic E-state index is 11.3. The van der Waals surface area contributed by atoms with Gasteiger partial charge in [-0.25, -0.2) is 9.78 Å². The Hall–Kier alpha value is -2.83. The van der Waals surface area contributed by atoms with Crippen LogP contribution < -0.4 is 10.4 Å². The van der Waals surface area contributed by atoms with Crippen LogP contribution in [0.1, 0.15) is 19.8 Å². The maximum Gasteiger partial charge on any atom is 0.325 e. The minimum absolute atomic E-state index is 0.211. The highest BCUT2D eigenvalue weighted by Gasteiger charge is 2.05. The van der Waals surface area contributed by atoms with Gasteiger partial charge in [0.1, 0.15) is 5.75 Å². The third-order valence-corrected chi connectivity index (χ3v) is 3.37. The lowest BCUT2D eigenvalue weighted by Crippen LogP contribution is -2.06. The lowest BCUT2D eigenvalue weighted by atomic mass is 10.2. The first kappa shape index (κ1) is 15.1. The number of carbonyl (C=O) groups excluding carboxylic acids is 1. The number of pyridine rings is 1. The topological polar surface area (TPSA) is 97.1 Å². The zero-order valence-corrected chi connectivity index (χ0v) is 12.7. The lowest BCUT2D eigenvalue weighted by molar-refractivity contribution is -0.143. The molecule has 0 aliphatic rings. The van der Waals surface area contributed by atoms with Crippen LogP contribution in [0.25, 0.3) is 22.1 Å². The molecule has 7 heteroatoms. The molecule has 0 spiro atoms. The standard InChI is InChI=1S/C16H17N3O4/c1-2-22-14(20)4-3-7-23-11-5-6-12-10(8-11)9-13-15(17-12)19-16(21)18-13/h5-6,8-9H,2-4,7H2,1H3,(H2,17,18,19,21). The predicted octanol–water partition coefficient (Wildman–Crippen LogP) is 2.13. The number of hydrogen-bond donors (Lipinski definition) is 2. The van der Waals surface area contributed by atoms with Crippen LogP contribution in [0.5, 0.6) is 5.75 Å². The Morgan fingerprint density at radius 3 is 2.96 bits per heavy atom. The van der Waals surface area contributed by atoms with E-state index in [2.05, 4.69) is 15.0 Å². The van der Waals surface area contributed by atoms with E-state index in [1.165, 1.54) is 0 Å². The highest BCUT2D eigenvalue weighted by atomic mass is 16.5. The molecule has 0 saturated carbocycles. The van der Waals surface area contributed by atoms with Crippen molar-refractivity contribution in [3.05, 3.63) is 34.7 Å². The normalized spacial score (nSPS) is 11.0. The van der Waals surface area contributed by atoms with Crippen molar-refractivity contribution in [2.45, 2.75) is 19.8 Å². The van der Waals surface area contributed by atoms with E-state index in [4.69, 9.17) is 9.47 Å². The highest BCUT2D eigenvalue weighted by Crippen LogP contribution is 2.22. The summed E-state index contributed by atoms with van der Waals surface area (Å²) in [5.41, 5.74) is 1.68. The van der Waals surface area contributed by atoms with Gasteiger partial charge in [-0.05, 0) is 37.6 Å². The molecule has 0 fully saturated rings. The van der Waals surface area contributed by atoms with Gasteiger partial charge in [0.15, 0.2) is 5.65 Å². The summed E-state index contributed by atoms with van der Waals surface area (Å²) in [5.74, 6) is 0.484. The molecule has 1 aromatic carbocycles. The number of nitrogens with zero attached hydrogens (tertiary/aromatic N) is 1. The monoisotopic (exact) mass is 315 g/mol. The Balaban J connectivity index is 1.68. The van der Waals surface area contributed by atoms with Crippen LogP contribution in [0.3, 0.4) is 0 Å². The van der Waals surface area contributed by atoms with E-state index in [-0.39, 0.29) is 11.7 Å². The summed E-state index contributed by atoms with van der Waals surface area (Å²) in [4.78, 5) is 32.2. The molecule has 2 heterocycles. The van der Waals surface area contributed by atoms with Gasteiger partial charge < -0.3 is 14.5 Å². The van der Waals surface area contributed by atoms with E-state index < -0.39 is 0 Å². The van der Waals surface area contributed by atoms with Crippen LogP contribution in [0, 0.1) is 0 Å². The van der Waals surface area contributed by atoms with Gasteiger partial charge in [0.25, 0.3) is 0 Å². The molecule has 23 heavy (non-hydrogen) atoms. The van der Waals surface area contributed by atoms with Gasteiger partial charge in [-0.3, -0.25) is 9.78 Å². The number of rotatable bonds is 6.